The molecule has 1 aliphatic heterocycles. The van der Waals surface area contributed by atoms with E-state index in [1.807, 2.05) is 0 Å². The molecule has 1 saturated heterocycles. The molecule has 15 heteroatoms. The van der Waals surface area contributed by atoms with E-state index in [9.17, 15) is 28.2 Å². The van der Waals surface area contributed by atoms with Crippen molar-refractivity contribution in [2.24, 2.45) is 0 Å². The number of hydrogen-bond acceptors (Lipinski definition) is 9. The standard InChI is InChI=1S/C24H21ClF3N7O4/c1-29-22(38)18-16(36)17(37)23(39-18)35-10-32-15-20(31-7-11-3-2-4-13(5-11)24(26,27)28)33-19(34-21(15)35)12-6-14(25)9-30-8-12/h2-6,8-10,16-18,23,36-37H,7H2,1H3,(H,29,38)(H,31,33,34). The summed E-state index contributed by atoms with van der Waals surface area (Å²) in [7, 11) is 1.37. The summed E-state index contributed by atoms with van der Waals surface area (Å²) in [6.07, 6.45) is -5.92. The zero-order valence-electron chi connectivity index (χ0n) is 20.1. The summed E-state index contributed by atoms with van der Waals surface area (Å²) < 4.78 is 46.5. The van der Waals surface area contributed by atoms with E-state index < -0.39 is 42.2 Å². The van der Waals surface area contributed by atoms with Gasteiger partial charge in [-0.3, -0.25) is 14.3 Å². The molecule has 0 radical (unpaired) electrons. The largest absolute Gasteiger partial charge is 0.416 e. The first-order valence-electron chi connectivity index (χ1n) is 11.6. The van der Waals surface area contributed by atoms with Crippen molar-refractivity contribution in [2.45, 2.75) is 37.3 Å². The second kappa shape index (κ2) is 10.4. The van der Waals surface area contributed by atoms with Gasteiger partial charge in [0.25, 0.3) is 5.91 Å². The Hall–Kier alpha value is -3.85. The van der Waals surface area contributed by atoms with Gasteiger partial charge in [-0.05, 0) is 23.8 Å². The van der Waals surface area contributed by atoms with Crippen LogP contribution in [0.4, 0.5) is 19.0 Å². The fourth-order valence-corrected chi connectivity index (χ4v) is 4.35. The minimum absolute atomic E-state index is 0.0316. The number of fused-ring (bicyclic) bond motifs is 1. The van der Waals surface area contributed by atoms with Crippen molar-refractivity contribution in [3.8, 4) is 11.4 Å². The average Bonchev–Trinajstić information content (AvgIpc) is 3.47. The Morgan fingerprint density at radius 3 is 2.69 bits per heavy atom. The monoisotopic (exact) mass is 563 g/mol. The number of nitrogens with zero attached hydrogens (tertiary/aromatic N) is 5. The van der Waals surface area contributed by atoms with Crippen molar-refractivity contribution >= 4 is 34.5 Å². The van der Waals surface area contributed by atoms with Crippen molar-refractivity contribution in [3.05, 3.63) is 65.2 Å². The Morgan fingerprint density at radius 2 is 1.97 bits per heavy atom. The molecule has 4 unspecified atom stereocenters. The van der Waals surface area contributed by atoms with Crippen molar-refractivity contribution in [1.82, 2.24) is 29.8 Å². The lowest BCUT2D eigenvalue weighted by Gasteiger charge is -2.17. The molecule has 4 atom stereocenters. The molecule has 1 amide bonds. The fraction of sp³-hybridized carbons (Fsp3) is 0.292. The number of aliphatic hydroxyl groups excluding tert-OH is 2. The number of anilines is 1. The van der Waals surface area contributed by atoms with Gasteiger partial charge in [0.1, 0.15) is 12.2 Å². The molecule has 5 rings (SSSR count). The Balaban J connectivity index is 1.56. The highest BCUT2D eigenvalue weighted by atomic mass is 35.5. The zero-order chi connectivity index (χ0) is 27.9. The molecule has 3 aromatic heterocycles. The van der Waals surface area contributed by atoms with Crippen LogP contribution in [-0.4, -0.2) is 66.0 Å². The van der Waals surface area contributed by atoms with E-state index >= 15 is 0 Å². The van der Waals surface area contributed by atoms with Crippen LogP contribution >= 0.6 is 11.6 Å². The third-order valence-electron chi connectivity index (χ3n) is 6.12. The van der Waals surface area contributed by atoms with Crippen LogP contribution in [0.25, 0.3) is 22.6 Å². The van der Waals surface area contributed by atoms with Gasteiger partial charge in [-0.1, -0.05) is 23.7 Å². The molecule has 4 aromatic rings. The number of rotatable bonds is 6. The van der Waals surface area contributed by atoms with E-state index in [1.165, 1.54) is 42.5 Å². The molecule has 0 saturated carbocycles. The van der Waals surface area contributed by atoms with Gasteiger partial charge >= 0.3 is 6.18 Å². The summed E-state index contributed by atoms with van der Waals surface area (Å²) >= 11 is 6.09. The molecule has 4 heterocycles. The van der Waals surface area contributed by atoms with Crippen LogP contribution in [-0.2, 0) is 22.3 Å². The normalized spacial score (nSPS) is 21.3. The van der Waals surface area contributed by atoms with Gasteiger partial charge < -0.3 is 25.6 Å². The number of hydrogen-bond donors (Lipinski definition) is 4. The number of aliphatic hydroxyl groups is 2. The maximum Gasteiger partial charge on any atom is 0.416 e. The van der Waals surface area contributed by atoms with Gasteiger partial charge in [-0.15, -0.1) is 0 Å². The Morgan fingerprint density at radius 1 is 1.18 bits per heavy atom. The quantitative estimate of drug-likeness (QED) is 0.278. The van der Waals surface area contributed by atoms with Crippen LogP contribution in [0.1, 0.15) is 17.4 Å². The maximum atomic E-state index is 13.2. The van der Waals surface area contributed by atoms with E-state index in [2.05, 4.69) is 30.6 Å². The van der Waals surface area contributed by atoms with Crippen LogP contribution in [0, 0.1) is 0 Å². The van der Waals surface area contributed by atoms with Crippen molar-refractivity contribution in [3.63, 3.8) is 0 Å². The summed E-state index contributed by atoms with van der Waals surface area (Å²) in [5, 5.41) is 26.7. The summed E-state index contributed by atoms with van der Waals surface area (Å²) in [6, 6.07) is 6.41. The number of nitrogens with one attached hydrogen (secondary N) is 2. The molecule has 1 aliphatic rings. The minimum atomic E-state index is -4.50. The van der Waals surface area contributed by atoms with Crippen LogP contribution < -0.4 is 10.6 Å². The third kappa shape index (κ3) is 5.23. The number of pyridine rings is 1. The van der Waals surface area contributed by atoms with E-state index in [1.54, 1.807) is 6.07 Å². The van der Waals surface area contributed by atoms with Crippen LogP contribution in [0.5, 0.6) is 0 Å². The molecule has 0 bridgehead atoms. The van der Waals surface area contributed by atoms with Gasteiger partial charge in [-0.25, -0.2) is 15.0 Å². The molecule has 4 N–H and O–H groups in total. The number of ether oxygens (including phenoxy) is 1. The van der Waals surface area contributed by atoms with Gasteiger partial charge in [0, 0.05) is 31.5 Å². The summed E-state index contributed by atoms with van der Waals surface area (Å²) in [4.78, 5) is 29.5. The number of carbonyl (C=O) groups excluding carboxylic acids is 1. The molecule has 0 aliphatic carbocycles. The van der Waals surface area contributed by atoms with Crippen molar-refractivity contribution in [2.75, 3.05) is 12.4 Å². The van der Waals surface area contributed by atoms with Crippen molar-refractivity contribution < 1.29 is 32.9 Å². The molecular weight excluding hydrogens is 543 g/mol. The second-order valence-electron chi connectivity index (χ2n) is 8.71. The number of carbonyl (C=O) groups is 1. The van der Waals surface area contributed by atoms with E-state index in [0.29, 0.717) is 16.1 Å². The lowest BCUT2D eigenvalue weighted by atomic mass is 10.1. The summed E-state index contributed by atoms with van der Waals surface area (Å²) in [5.41, 5.74) is 0.333. The Kier molecular flexibility index (Phi) is 7.11. The van der Waals surface area contributed by atoms with E-state index in [0.717, 1.165) is 12.1 Å². The number of aromatic nitrogens is 5. The van der Waals surface area contributed by atoms with E-state index in [-0.39, 0.29) is 29.4 Å². The van der Waals surface area contributed by atoms with Gasteiger partial charge in [-0.2, -0.15) is 13.2 Å². The number of benzene rings is 1. The summed E-state index contributed by atoms with van der Waals surface area (Å²) in [5.74, 6) is -0.319. The molecule has 1 fully saturated rings. The summed E-state index contributed by atoms with van der Waals surface area (Å²) in [6.45, 7) is -0.0316. The molecular formula is C24H21ClF3N7O4. The Bertz CT molecular complexity index is 1530. The number of amides is 1. The predicted octanol–water partition coefficient (Wildman–Crippen LogP) is 2.54. The molecule has 0 spiro atoms. The number of halogens is 4. The maximum absolute atomic E-state index is 13.2. The van der Waals surface area contributed by atoms with Gasteiger partial charge in [0.05, 0.1) is 16.9 Å². The van der Waals surface area contributed by atoms with E-state index in [4.69, 9.17) is 16.3 Å². The topological polar surface area (TPSA) is 147 Å². The predicted molar refractivity (Wildman–Crippen MR) is 132 cm³/mol. The SMILES string of the molecule is CNC(=O)C1OC(n2cnc3c(NCc4cccc(C(F)(F)F)c4)nc(-c4cncc(Cl)c4)nc32)C(O)C1O. The first kappa shape index (κ1) is 26.7. The number of alkyl halides is 3. The van der Waals surface area contributed by atoms with Crippen LogP contribution in [0.3, 0.4) is 0 Å². The lowest BCUT2D eigenvalue weighted by molar-refractivity contribution is -0.138. The molecule has 204 valence electrons. The third-order valence-corrected chi connectivity index (χ3v) is 6.32. The highest BCUT2D eigenvalue weighted by Gasteiger charge is 2.47. The number of imidazole rings is 1. The lowest BCUT2D eigenvalue weighted by Crippen LogP contribution is -2.41. The zero-order valence-corrected chi connectivity index (χ0v) is 20.9. The van der Waals surface area contributed by atoms with Crippen LogP contribution in [0.2, 0.25) is 5.02 Å². The molecule has 11 nitrogen and oxygen atoms in total. The minimum Gasteiger partial charge on any atom is -0.387 e. The Labute approximate surface area is 223 Å². The second-order valence-corrected chi connectivity index (χ2v) is 9.14. The first-order chi connectivity index (χ1) is 18.6. The van der Waals surface area contributed by atoms with Crippen molar-refractivity contribution in [1.29, 1.82) is 0 Å². The average molecular weight is 564 g/mol. The fourth-order valence-electron chi connectivity index (χ4n) is 4.18. The molecule has 1 aromatic carbocycles. The first-order valence-corrected chi connectivity index (χ1v) is 11.9. The molecule has 39 heavy (non-hydrogen) atoms. The smallest absolute Gasteiger partial charge is 0.387 e. The van der Waals surface area contributed by atoms with Gasteiger partial charge in [0.2, 0.25) is 0 Å². The highest BCUT2D eigenvalue weighted by Crippen LogP contribution is 2.34. The van der Waals surface area contributed by atoms with Crippen LogP contribution in [0.15, 0.2) is 49.1 Å². The van der Waals surface area contributed by atoms with Gasteiger partial charge in [0.15, 0.2) is 35.1 Å². The number of likely N-dealkylation sites (N-methyl/N-ethyl adjacent to an activating group) is 1. The highest BCUT2D eigenvalue weighted by molar-refractivity contribution is 6.30.